The van der Waals surface area contributed by atoms with Gasteiger partial charge in [0.1, 0.15) is 11.0 Å². The summed E-state index contributed by atoms with van der Waals surface area (Å²) in [7, 11) is 0. The number of nitrogens with zero attached hydrogens (tertiary/aromatic N) is 6. The summed E-state index contributed by atoms with van der Waals surface area (Å²) < 4.78 is 19.1. The summed E-state index contributed by atoms with van der Waals surface area (Å²) in [5, 5.41) is 24.8. The van der Waals surface area contributed by atoms with Gasteiger partial charge >= 0.3 is 0 Å². The zero-order valence-corrected chi connectivity index (χ0v) is 20.8. The smallest absolute Gasteiger partial charge is 0.258 e. The lowest BCUT2D eigenvalue weighted by Crippen LogP contribution is -1.90. The molecule has 0 aliphatic rings. The first-order chi connectivity index (χ1) is 17.5. The first kappa shape index (κ1) is 21.3. The molecule has 0 bridgehead atoms. The minimum atomic E-state index is -0.440. The van der Waals surface area contributed by atoms with Crippen molar-refractivity contribution in [2.75, 3.05) is 0 Å². The van der Waals surface area contributed by atoms with Gasteiger partial charge in [0.15, 0.2) is 11.0 Å². The molecule has 0 aliphatic carbocycles. The Kier molecular flexibility index (Phi) is 4.59. The number of thiophene rings is 2. The second-order valence-electron chi connectivity index (χ2n) is 7.85. The van der Waals surface area contributed by atoms with Gasteiger partial charge in [0.25, 0.3) is 11.4 Å². The number of hydrogen-bond acceptors (Lipinski definition) is 12. The Morgan fingerprint density at radius 2 is 1.00 bits per heavy atom. The van der Waals surface area contributed by atoms with Crippen LogP contribution in [-0.4, -0.2) is 27.3 Å². The monoisotopic (exact) mass is 548 g/mol. The maximum Gasteiger partial charge on any atom is 0.298 e. The lowest BCUT2D eigenvalue weighted by molar-refractivity contribution is -0.383. The van der Waals surface area contributed by atoms with Crippen molar-refractivity contribution in [2.24, 2.45) is 0 Å². The highest BCUT2D eigenvalue weighted by Gasteiger charge is 2.22. The van der Waals surface area contributed by atoms with Crippen molar-refractivity contribution in [3.05, 3.63) is 68.8 Å². The van der Waals surface area contributed by atoms with Crippen molar-refractivity contribution in [1.82, 2.24) is 17.5 Å². The van der Waals surface area contributed by atoms with Crippen molar-refractivity contribution >= 4 is 99.7 Å². The number of aromatic nitrogens is 4. The molecule has 174 valence electrons. The second-order valence-corrected chi connectivity index (χ2v) is 11.1. The van der Waals surface area contributed by atoms with Gasteiger partial charge in [-0.15, -0.1) is 22.7 Å². The number of benzene rings is 3. The molecule has 0 radical (unpaired) electrons. The molecule has 0 saturated carbocycles. The first-order valence-electron chi connectivity index (χ1n) is 10.2. The Hall–Kier alpha value is -3.98. The van der Waals surface area contributed by atoms with Gasteiger partial charge in [-0.25, -0.2) is 0 Å². The zero-order chi connectivity index (χ0) is 24.6. The van der Waals surface area contributed by atoms with Crippen molar-refractivity contribution in [3.63, 3.8) is 0 Å². The van der Waals surface area contributed by atoms with Gasteiger partial charge in [0, 0.05) is 42.4 Å². The van der Waals surface area contributed by atoms with E-state index >= 15 is 0 Å². The molecule has 7 rings (SSSR count). The number of rotatable bonds is 4. The van der Waals surface area contributed by atoms with E-state index < -0.39 is 9.85 Å². The Balaban J connectivity index is 1.35. The van der Waals surface area contributed by atoms with Crippen LogP contribution in [0.1, 0.15) is 0 Å². The quantitative estimate of drug-likeness (QED) is 0.165. The molecule has 0 aliphatic heterocycles. The Morgan fingerprint density at radius 1 is 0.583 bits per heavy atom. The topological polar surface area (TPSA) is 138 Å². The van der Waals surface area contributed by atoms with Crippen LogP contribution < -0.4 is 0 Å². The van der Waals surface area contributed by atoms with Crippen LogP contribution in [0.5, 0.6) is 0 Å². The van der Waals surface area contributed by atoms with E-state index in [0.717, 1.165) is 64.5 Å². The Bertz CT molecular complexity index is 1850. The van der Waals surface area contributed by atoms with E-state index in [1.807, 2.05) is 0 Å². The van der Waals surface area contributed by atoms with Gasteiger partial charge in [-0.05, 0) is 47.2 Å². The molecule has 7 aromatic rings. The van der Waals surface area contributed by atoms with E-state index in [1.54, 1.807) is 34.8 Å². The number of nitro groups is 2. The SMILES string of the molecule is O=[N+]([O-])c1ccc(-c2cc3cc4sc(-c5ccc([N+](=O)[O-])c6nsnc56)cc4cc3s2)c2nsnc12. The summed E-state index contributed by atoms with van der Waals surface area (Å²) in [6.45, 7) is 0. The van der Waals surface area contributed by atoms with E-state index in [0.29, 0.717) is 22.1 Å². The third-order valence-corrected chi connectivity index (χ3v) is 9.19. The number of hydrogen-bond donors (Lipinski definition) is 0. The first-order valence-corrected chi connectivity index (χ1v) is 13.3. The van der Waals surface area contributed by atoms with Crippen LogP contribution in [0.25, 0.3) is 63.1 Å². The molecule has 14 heteroatoms. The summed E-state index contributed by atoms with van der Waals surface area (Å²) in [5.74, 6) is 0. The highest BCUT2D eigenvalue weighted by Crippen LogP contribution is 2.44. The van der Waals surface area contributed by atoms with Gasteiger partial charge in [0.05, 0.1) is 33.3 Å². The summed E-state index contributed by atoms with van der Waals surface area (Å²) in [4.78, 5) is 23.7. The van der Waals surface area contributed by atoms with Crippen LogP contribution in [0.15, 0.2) is 48.5 Å². The highest BCUT2D eigenvalue weighted by molar-refractivity contribution is 7.24. The van der Waals surface area contributed by atoms with Crippen molar-refractivity contribution in [1.29, 1.82) is 0 Å². The number of fused-ring (bicyclic) bond motifs is 4. The van der Waals surface area contributed by atoms with Gasteiger partial charge in [-0.3, -0.25) is 20.2 Å². The van der Waals surface area contributed by atoms with E-state index in [-0.39, 0.29) is 11.4 Å². The predicted octanol–water partition coefficient (Wildman–Crippen LogP) is 7.28. The van der Waals surface area contributed by atoms with Crippen molar-refractivity contribution in [2.45, 2.75) is 0 Å². The molecule has 4 heterocycles. The number of nitro benzene ring substituents is 2. The summed E-state index contributed by atoms with van der Waals surface area (Å²) in [6.07, 6.45) is 0. The average Bonchev–Trinajstić information content (AvgIpc) is 3.65. The van der Waals surface area contributed by atoms with Crippen LogP contribution >= 0.6 is 46.1 Å². The van der Waals surface area contributed by atoms with Gasteiger partial charge in [-0.2, -0.15) is 17.5 Å². The van der Waals surface area contributed by atoms with Gasteiger partial charge in [-0.1, -0.05) is 0 Å². The standard InChI is InChI=1S/C22H8N6O4S4/c29-27(30)13-3-1-11(19-21(13)25-35-23-19)17-7-9-5-16-10(6-15(9)33-17)8-18(34-16)12-2-4-14(28(31)32)22-20(12)24-36-26-22/h1-8H. The molecular formula is C22H8N6O4S4. The molecule has 0 N–H and O–H groups in total. The Labute approximate surface area is 216 Å². The van der Waals surface area contributed by atoms with Crippen LogP contribution in [0.3, 0.4) is 0 Å². The van der Waals surface area contributed by atoms with E-state index in [1.165, 1.54) is 12.1 Å². The van der Waals surface area contributed by atoms with Crippen molar-refractivity contribution < 1.29 is 9.85 Å². The molecule has 36 heavy (non-hydrogen) atoms. The number of non-ortho nitro benzene ring substituents is 2. The molecule has 10 nitrogen and oxygen atoms in total. The van der Waals surface area contributed by atoms with Gasteiger partial charge in [0.2, 0.25) is 0 Å². The third kappa shape index (κ3) is 3.12. The van der Waals surface area contributed by atoms with E-state index in [2.05, 4.69) is 41.8 Å². The minimum Gasteiger partial charge on any atom is -0.258 e. The normalized spacial score (nSPS) is 11.8. The maximum absolute atomic E-state index is 11.3. The molecule has 0 saturated heterocycles. The van der Waals surface area contributed by atoms with Crippen molar-refractivity contribution in [3.8, 4) is 20.9 Å². The Morgan fingerprint density at radius 3 is 1.42 bits per heavy atom. The van der Waals surface area contributed by atoms with Gasteiger partial charge < -0.3 is 0 Å². The molecule has 0 unspecified atom stereocenters. The molecular weight excluding hydrogens is 541 g/mol. The van der Waals surface area contributed by atoms with E-state index in [4.69, 9.17) is 0 Å². The van der Waals surface area contributed by atoms with Crippen LogP contribution in [-0.2, 0) is 0 Å². The minimum absolute atomic E-state index is 0.0488. The van der Waals surface area contributed by atoms with E-state index in [9.17, 15) is 20.2 Å². The molecule has 0 atom stereocenters. The second kappa shape index (κ2) is 7.76. The lowest BCUT2D eigenvalue weighted by atomic mass is 10.1. The predicted molar refractivity (Wildman–Crippen MR) is 143 cm³/mol. The molecule has 0 fully saturated rings. The molecule has 0 spiro atoms. The fourth-order valence-electron chi connectivity index (χ4n) is 4.24. The van der Waals surface area contributed by atoms with Crippen LogP contribution in [0.4, 0.5) is 11.4 Å². The molecule has 0 amide bonds. The largest absolute Gasteiger partial charge is 0.298 e. The fourth-order valence-corrected chi connectivity index (χ4v) is 7.61. The fraction of sp³-hybridized carbons (Fsp3) is 0. The third-order valence-electron chi connectivity index (χ3n) is 5.87. The van der Waals surface area contributed by atoms with Crippen LogP contribution in [0, 0.1) is 20.2 Å². The summed E-state index contributed by atoms with van der Waals surface area (Å²) >= 11 is 5.10. The summed E-state index contributed by atoms with van der Waals surface area (Å²) in [5.41, 5.74) is 3.21. The average molecular weight is 549 g/mol. The molecule has 4 aromatic heterocycles. The summed E-state index contributed by atoms with van der Waals surface area (Å²) in [6, 6.07) is 14.8. The molecule has 3 aromatic carbocycles. The van der Waals surface area contributed by atoms with Crippen LogP contribution in [0.2, 0.25) is 0 Å². The maximum atomic E-state index is 11.3. The lowest BCUT2D eigenvalue weighted by Gasteiger charge is -1.99. The highest BCUT2D eigenvalue weighted by atomic mass is 32.1. The zero-order valence-electron chi connectivity index (χ0n) is 17.6.